The van der Waals surface area contributed by atoms with Crippen molar-refractivity contribution in [1.29, 1.82) is 0 Å². The molecule has 0 spiro atoms. The van der Waals surface area contributed by atoms with Gasteiger partial charge in [-0.1, -0.05) is 12.1 Å². The Morgan fingerprint density at radius 1 is 1.38 bits per heavy atom. The average molecular weight is 341 g/mol. The van der Waals surface area contributed by atoms with Gasteiger partial charge in [0.05, 0.1) is 13.7 Å². The van der Waals surface area contributed by atoms with Crippen molar-refractivity contribution in [2.75, 3.05) is 13.7 Å². The Bertz CT molecular complexity index is 678. The van der Waals surface area contributed by atoms with E-state index in [1.807, 2.05) is 0 Å². The van der Waals surface area contributed by atoms with E-state index in [9.17, 15) is 18.4 Å². The van der Waals surface area contributed by atoms with Gasteiger partial charge in [0.15, 0.2) is 0 Å². The zero-order valence-corrected chi connectivity index (χ0v) is 13.3. The minimum Gasteiger partial charge on any atom is -0.467 e. The zero-order valence-electron chi connectivity index (χ0n) is 13.3. The van der Waals surface area contributed by atoms with Crippen LogP contribution >= 0.6 is 0 Å². The fraction of sp³-hybridized carbons (Fsp3) is 0.500. The Morgan fingerprint density at radius 2 is 2.12 bits per heavy atom. The number of hydrogen-bond donors (Lipinski definition) is 0. The maximum absolute atomic E-state index is 13.2. The van der Waals surface area contributed by atoms with Crippen LogP contribution in [0.15, 0.2) is 18.2 Å². The molecule has 1 fully saturated rings. The van der Waals surface area contributed by atoms with E-state index in [0.717, 1.165) is 5.56 Å². The van der Waals surface area contributed by atoms with Crippen LogP contribution in [-0.4, -0.2) is 42.8 Å². The van der Waals surface area contributed by atoms with Gasteiger partial charge in [0.25, 0.3) is 0 Å². The van der Waals surface area contributed by atoms with E-state index in [-0.39, 0.29) is 24.2 Å². The predicted molar refractivity (Wildman–Crippen MR) is 77.4 cm³/mol. The average Bonchev–Trinajstić information content (AvgIpc) is 2.97. The molecule has 8 heteroatoms. The molecule has 1 saturated heterocycles. The number of amides is 1. The van der Waals surface area contributed by atoms with Crippen molar-refractivity contribution in [2.24, 2.45) is 0 Å². The van der Waals surface area contributed by atoms with Crippen LogP contribution in [-0.2, 0) is 25.7 Å². The Morgan fingerprint density at radius 3 is 2.79 bits per heavy atom. The van der Waals surface area contributed by atoms with Gasteiger partial charge in [-0.3, -0.25) is 9.53 Å². The number of hydrogen-bond acceptors (Lipinski definition) is 5. The van der Waals surface area contributed by atoms with Gasteiger partial charge in [-0.2, -0.15) is 0 Å². The second kappa shape index (κ2) is 6.01. The van der Waals surface area contributed by atoms with Crippen molar-refractivity contribution in [3.05, 3.63) is 29.3 Å². The van der Waals surface area contributed by atoms with Crippen molar-refractivity contribution in [2.45, 2.75) is 38.2 Å². The molecule has 1 aromatic rings. The number of carbonyl (C=O) groups excluding carboxylic acids is 2. The number of benzene rings is 1. The number of ether oxygens (including phenoxy) is 3. The molecular weight excluding hydrogens is 324 g/mol. The van der Waals surface area contributed by atoms with Crippen molar-refractivity contribution < 1.29 is 32.6 Å². The largest absolute Gasteiger partial charge is 0.535 e. The quantitative estimate of drug-likeness (QED) is 0.770. The van der Waals surface area contributed by atoms with Crippen LogP contribution in [0.4, 0.5) is 8.78 Å². The summed E-state index contributed by atoms with van der Waals surface area (Å²) in [5, 5.41) is 0. The summed E-state index contributed by atoms with van der Waals surface area (Å²) in [7, 11) is 1.27. The molecule has 0 aliphatic carbocycles. The first-order valence-corrected chi connectivity index (χ1v) is 7.50. The highest BCUT2D eigenvalue weighted by atomic mass is 19.3. The van der Waals surface area contributed by atoms with Gasteiger partial charge in [0.1, 0.15) is 11.8 Å². The van der Waals surface area contributed by atoms with Crippen LogP contribution < -0.4 is 4.74 Å². The number of likely N-dealkylation sites (tertiary alicyclic amines) is 1. The standard InChI is InChI=1S/C16H17F2NO5/c1-9(20)19-7-10(6-13(19)15(21)22-2)11-4-3-5-14-12(11)8-23-16(17,18)24-14/h3-5,10,13H,6-8H2,1-2H3/t10?,13-/m1/s1. The lowest BCUT2D eigenvalue weighted by Crippen LogP contribution is -2.39. The summed E-state index contributed by atoms with van der Waals surface area (Å²) in [4.78, 5) is 25.2. The Balaban J connectivity index is 1.91. The number of rotatable bonds is 2. The highest BCUT2D eigenvalue weighted by Crippen LogP contribution is 2.41. The van der Waals surface area contributed by atoms with Crippen LogP contribution in [0.3, 0.4) is 0 Å². The first-order chi connectivity index (χ1) is 11.3. The minimum atomic E-state index is -3.65. The van der Waals surface area contributed by atoms with Gasteiger partial charge >= 0.3 is 12.3 Å². The van der Waals surface area contributed by atoms with Gasteiger partial charge in [0.2, 0.25) is 5.91 Å². The highest BCUT2D eigenvalue weighted by molar-refractivity contribution is 5.84. The van der Waals surface area contributed by atoms with E-state index < -0.39 is 18.3 Å². The molecule has 1 aromatic carbocycles. The smallest absolute Gasteiger partial charge is 0.467 e. The fourth-order valence-corrected chi connectivity index (χ4v) is 3.30. The number of alkyl halides is 2. The normalized spacial score (nSPS) is 24.9. The first kappa shape index (κ1) is 16.6. The lowest BCUT2D eigenvalue weighted by atomic mass is 9.91. The van der Waals surface area contributed by atoms with E-state index in [0.29, 0.717) is 18.5 Å². The second-order valence-electron chi connectivity index (χ2n) is 5.82. The van der Waals surface area contributed by atoms with Crippen LogP contribution in [0.25, 0.3) is 0 Å². The molecule has 2 aliphatic heterocycles. The monoisotopic (exact) mass is 341 g/mol. The number of nitrogens with zero attached hydrogens (tertiary/aromatic N) is 1. The molecule has 2 aliphatic rings. The number of esters is 1. The van der Waals surface area contributed by atoms with Crippen LogP contribution in [0.2, 0.25) is 0 Å². The molecule has 3 rings (SSSR count). The van der Waals surface area contributed by atoms with Crippen molar-refractivity contribution in [1.82, 2.24) is 4.90 Å². The van der Waals surface area contributed by atoms with Crippen molar-refractivity contribution in [3.8, 4) is 5.75 Å². The summed E-state index contributed by atoms with van der Waals surface area (Å²) >= 11 is 0. The molecule has 6 nitrogen and oxygen atoms in total. The molecule has 0 radical (unpaired) electrons. The number of fused-ring (bicyclic) bond motifs is 1. The molecule has 1 unspecified atom stereocenters. The Labute approximate surface area is 137 Å². The summed E-state index contributed by atoms with van der Waals surface area (Å²) in [6.07, 6.45) is -3.29. The number of halogens is 2. The summed E-state index contributed by atoms with van der Waals surface area (Å²) in [5.41, 5.74) is 1.25. The molecule has 130 valence electrons. The van der Waals surface area contributed by atoms with Crippen LogP contribution in [0.1, 0.15) is 30.4 Å². The summed E-state index contributed by atoms with van der Waals surface area (Å²) in [6, 6.07) is 4.15. The second-order valence-corrected chi connectivity index (χ2v) is 5.82. The molecule has 0 bridgehead atoms. The molecule has 2 atom stereocenters. The molecule has 0 saturated carbocycles. The van der Waals surface area contributed by atoms with E-state index in [2.05, 4.69) is 9.47 Å². The van der Waals surface area contributed by atoms with E-state index >= 15 is 0 Å². The first-order valence-electron chi connectivity index (χ1n) is 7.50. The molecule has 24 heavy (non-hydrogen) atoms. The van der Waals surface area contributed by atoms with Crippen molar-refractivity contribution in [3.63, 3.8) is 0 Å². The van der Waals surface area contributed by atoms with Gasteiger partial charge in [0, 0.05) is 24.9 Å². The maximum Gasteiger partial charge on any atom is 0.535 e. The predicted octanol–water partition coefficient (Wildman–Crippen LogP) is 2.02. The zero-order chi connectivity index (χ0) is 17.5. The Hall–Kier alpha value is -2.22. The molecule has 0 N–H and O–H groups in total. The highest BCUT2D eigenvalue weighted by Gasteiger charge is 2.43. The van der Waals surface area contributed by atoms with E-state index in [4.69, 9.17) is 4.74 Å². The number of carbonyl (C=O) groups is 2. The topological polar surface area (TPSA) is 65.1 Å². The van der Waals surface area contributed by atoms with Crippen molar-refractivity contribution >= 4 is 11.9 Å². The van der Waals surface area contributed by atoms with Gasteiger partial charge in [-0.25, -0.2) is 4.79 Å². The summed E-state index contributed by atoms with van der Waals surface area (Å²) < 4.78 is 40.2. The maximum atomic E-state index is 13.2. The summed E-state index contributed by atoms with van der Waals surface area (Å²) in [5.74, 6) is -0.861. The van der Waals surface area contributed by atoms with E-state index in [1.54, 1.807) is 12.1 Å². The Kier molecular flexibility index (Phi) is 4.16. The van der Waals surface area contributed by atoms with Gasteiger partial charge in [-0.15, -0.1) is 8.78 Å². The lowest BCUT2D eigenvalue weighted by Gasteiger charge is -2.27. The fourth-order valence-electron chi connectivity index (χ4n) is 3.30. The summed E-state index contributed by atoms with van der Waals surface area (Å²) in [6.45, 7) is 1.39. The molecule has 2 heterocycles. The third kappa shape index (κ3) is 2.93. The van der Waals surface area contributed by atoms with Gasteiger partial charge in [-0.05, 0) is 18.1 Å². The van der Waals surface area contributed by atoms with Gasteiger partial charge < -0.3 is 14.4 Å². The lowest BCUT2D eigenvalue weighted by molar-refractivity contribution is -0.368. The van der Waals surface area contributed by atoms with E-state index in [1.165, 1.54) is 25.0 Å². The van der Waals surface area contributed by atoms with Crippen LogP contribution in [0.5, 0.6) is 5.75 Å². The minimum absolute atomic E-state index is 0.0552. The molecular formula is C16H17F2NO5. The third-order valence-corrected chi connectivity index (χ3v) is 4.40. The molecule has 1 amide bonds. The SMILES string of the molecule is COC(=O)[C@H]1CC(c2cccc3c2COC(F)(F)O3)CN1C(C)=O. The third-order valence-electron chi connectivity index (χ3n) is 4.40. The van der Waals surface area contributed by atoms with Crippen LogP contribution in [0, 0.1) is 0 Å². The molecule has 0 aromatic heterocycles. The number of methoxy groups -OCH3 is 1.